The van der Waals surface area contributed by atoms with E-state index in [4.69, 9.17) is 0 Å². The van der Waals surface area contributed by atoms with Gasteiger partial charge in [-0.25, -0.2) is 0 Å². The third kappa shape index (κ3) is 1.88. The molecule has 0 aromatic heterocycles. The van der Waals surface area contributed by atoms with Crippen molar-refractivity contribution in [1.82, 2.24) is 5.32 Å². The first-order valence-electron chi connectivity index (χ1n) is 4.89. The molecule has 3 nitrogen and oxygen atoms in total. The van der Waals surface area contributed by atoms with Crippen molar-refractivity contribution in [2.75, 3.05) is 0 Å². The Balaban J connectivity index is 2.49. The van der Waals surface area contributed by atoms with Crippen LogP contribution in [0.4, 0.5) is 4.79 Å². The maximum atomic E-state index is 11.5. The minimum atomic E-state index is -0.298. The lowest BCUT2D eigenvalue weighted by molar-refractivity contribution is -0.115. The van der Waals surface area contributed by atoms with Gasteiger partial charge in [-0.15, -0.1) is 0 Å². The zero-order valence-corrected chi connectivity index (χ0v) is 9.85. The second kappa shape index (κ2) is 4.14. The SMILES string of the molecule is C/C(=C1/SC(=O)NC1=O)c1ccccc1C. The number of hydrogen-bond donors (Lipinski definition) is 1. The van der Waals surface area contributed by atoms with E-state index in [0.717, 1.165) is 28.5 Å². The van der Waals surface area contributed by atoms with Crippen molar-refractivity contribution >= 4 is 28.5 Å². The fourth-order valence-corrected chi connectivity index (χ4v) is 2.41. The number of aryl methyl sites for hydroxylation is 1. The molecule has 0 saturated carbocycles. The number of benzene rings is 1. The zero-order chi connectivity index (χ0) is 11.7. The number of nitrogens with one attached hydrogen (secondary N) is 1. The number of rotatable bonds is 1. The van der Waals surface area contributed by atoms with E-state index in [9.17, 15) is 9.59 Å². The summed E-state index contributed by atoms with van der Waals surface area (Å²) in [6.07, 6.45) is 0. The number of allylic oxidation sites excluding steroid dienone is 1. The third-order valence-corrected chi connectivity index (χ3v) is 3.49. The highest BCUT2D eigenvalue weighted by atomic mass is 32.2. The van der Waals surface area contributed by atoms with E-state index in [2.05, 4.69) is 5.32 Å². The lowest BCUT2D eigenvalue weighted by Crippen LogP contribution is -2.18. The average Bonchev–Trinajstić information content (AvgIpc) is 2.58. The highest BCUT2D eigenvalue weighted by molar-refractivity contribution is 8.18. The van der Waals surface area contributed by atoms with Crippen LogP contribution in [0.1, 0.15) is 18.1 Å². The molecule has 16 heavy (non-hydrogen) atoms. The molecule has 82 valence electrons. The first-order valence-corrected chi connectivity index (χ1v) is 5.71. The molecule has 1 heterocycles. The average molecular weight is 233 g/mol. The molecule has 1 aliphatic heterocycles. The van der Waals surface area contributed by atoms with Gasteiger partial charge in [-0.05, 0) is 42.3 Å². The van der Waals surface area contributed by atoms with Crippen LogP contribution < -0.4 is 5.32 Å². The Labute approximate surface area is 97.9 Å². The van der Waals surface area contributed by atoms with E-state index in [1.54, 1.807) is 0 Å². The van der Waals surface area contributed by atoms with Gasteiger partial charge in [-0.3, -0.25) is 14.9 Å². The quantitative estimate of drug-likeness (QED) is 0.758. The fourth-order valence-electron chi connectivity index (χ4n) is 1.68. The summed E-state index contributed by atoms with van der Waals surface area (Å²) in [7, 11) is 0. The van der Waals surface area contributed by atoms with Crippen LogP contribution >= 0.6 is 11.8 Å². The Morgan fingerprint density at radius 2 is 1.94 bits per heavy atom. The Morgan fingerprint density at radius 1 is 1.25 bits per heavy atom. The molecule has 0 unspecified atom stereocenters. The highest BCUT2D eigenvalue weighted by Gasteiger charge is 2.27. The third-order valence-electron chi connectivity index (χ3n) is 2.51. The van der Waals surface area contributed by atoms with Crippen LogP contribution in [0, 0.1) is 6.92 Å². The monoisotopic (exact) mass is 233 g/mol. The number of thioether (sulfide) groups is 1. The highest BCUT2D eigenvalue weighted by Crippen LogP contribution is 2.32. The summed E-state index contributed by atoms with van der Waals surface area (Å²) in [6, 6.07) is 7.81. The first kappa shape index (κ1) is 11.0. The van der Waals surface area contributed by atoms with Gasteiger partial charge in [0.25, 0.3) is 11.1 Å². The van der Waals surface area contributed by atoms with Crippen LogP contribution in [-0.2, 0) is 4.79 Å². The normalized spacial score (nSPS) is 18.6. The van der Waals surface area contributed by atoms with Gasteiger partial charge in [0.15, 0.2) is 0 Å². The molecule has 0 atom stereocenters. The molecule has 4 heteroatoms. The minimum absolute atomic E-state index is 0.296. The number of carbonyl (C=O) groups excluding carboxylic acids is 2. The standard InChI is InChI=1S/C12H11NO2S/c1-7-5-3-4-6-9(7)8(2)10-11(14)13-12(15)16-10/h3-6H,1-2H3,(H,13,14,15)/b10-8-. The van der Waals surface area contributed by atoms with Gasteiger partial charge in [0.2, 0.25) is 0 Å². The van der Waals surface area contributed by atoms with Gasteiger partial charge < -0.3 is 0 Å². The van der Waals surface area contributed by atoms with Gasteiger partial charge in [0.05, 0.1) is 4.91 Å². The summed E-state index contributed by atoms with van der Waals surface area (Å²) in [6.45, 7) is 3.85. The molecular weight excluding hydrogens is 222 g/mol. The number of amides is 2. The van der Waals surface area contributed by atoms with Gasteiger partial charge in [-0.1, -0.05) is 24.3 Å². The molecule has 2 amide bonds. The Morgan fingerprint density at radius 3 is 2.50 bits per heavy atom. The van der Waals surface area contributed by atoms with Gasteiger partial charge in [0, 0.05) is 0 Å². The molecule has 0 radical (unpaired) electrons. The lowest BCUT2D eigenvalue weighted by atomic mass is 10.0. The van der Waals surface area contributed by atoms with E-state index in [0.29, 0.717) is 4.91 Å². The minimum Gasteiger partial charge on any atom is -0.282 e. The second-order valence-corrected chi connectivity index (χ2v) is 4.60. The lowest BCUT2D eigenvalue weighted by Gasteiger charge is -2.06. The van der Waals surface area contributed by atoms with Crippen molar-refractivity contribution in [1.29, 1.82) is 0 Å². The summed E-state index contributed by atoms with van der Waals surface area (Å²) in [5.41, 5.74) is 2.96. The van der Waals surface area contributed by atoms with E-state index >= 15 is 0 Å². The second-order valence-electron chi connectivity index (χ2n) is 3.61. The molecule has 1 saturated heterocycles. The summed E-state index contributed by atoms with van der Waals surface area (Å²) in [5, 5.41) is 1.97. The number of hydrogen-bond acceptors (Lipinski definition) is 3. The fraction of sp³-hybridized carbons (Fsp3) is 0.167. The molecule has 1 aromatic carbocycles. The summed E-state index contributed by atoms with van der Waals surface area (Å²) < 4.78 is 0. The Bertz CT molecular complexity index is 505. The largest absolute Gasteiger partial charge is 0.290 e. The molecular formula is C12H11NO2S. The zero-order valence-electron chi connectivity index (χ0n) is 9.03. The smallest absolute Gasteiger partial charge is 0.282 e. The van der Waals surface area contributed by atoms with Crippen LogP contribution in [0.25, 0.3) is 5.57 Å². The summed E-state index contributed by atoms with van der Waals surface area (Å²) >= 11 is 0.965. The molecule has 0 spiro atoms. The molecule has 1 fully saturated rings. The molecule has 1 N–H and O–H groups in total. The summed E-state index contributed by atoms with van der Waals surface area (Å²) in [4.78, 5) is 23.1. The molecule has 0 aliphatic carbocycles. The summed E-state index contributed by atoms with van der Waals surface area (Å²) in [5.74, 6) is -0.296. The van der Waals surface area contributed by atoms with E-state index in [1.807, 2.05) is 38.1 Å². The topological polar surface area (TPSA) is 46.2 Å². The van der Waals surface area contributed by atoms with Crippen LogP contribution in [0.15, 0.2) is 29.2 Å². The predicted molar refractivity (Wildman–Crippen MR) is 64.9 cm³/mol. The van der Waals surface area contributed by atoms with Crippen LogP contribution in [0.5, 0.6) is 0 Å². The molecule has 1 aromatic rings. The van der Waals surface area contributed by atoms with Crippen LogP contribution in [0.2, 0.25) is 0 Å². The van der Waals surface area contributed by atoms with E-state index in [-0.39, 0.29) is 11.1 Å². The van der Waals surface area contributed by atoms with Gasteiger partial charge in [0.1, 0.15) is 0 Å². The maximum Gasteiger partial charge on any atom is 0.290 e. The van der Waals surface area contributed by atoms with Gasteiger partial charge >= 0.3 is 0 Å². The Kier molecular flexibility index (Phi) is 2.83. The molecule has 1 aliphatic rings. The number of imide groups is 1. The van der Waals surface area contributed by atoms with Crippen molar-refractivity contribution in [3.63, 3.8) is 0 Å². The van der Waals surface area contributed by atoms with Crippen molar-refractivity contribution in [2.24, 2.45) is 0 Å². The van der Waals surface area contributed by atoms with Gasteiger partial charge in [-0.2, -0.15) is 0 Å². The Hall–Kier alpha value is -1.55. The predicted octanol–water partition coefficient (Wildman–Crippen LogP) is 2.71. The van der Waals surface area contributed by atoms with Crippen molar-refractivity contribution in [3.8, 4) is 0 Å². The molecule has 2 rings (SSSR count). The van der Waals surface area contributed by atoms with Crippen LogP contribution in [-0.4, -0.2) is 11.1 Å². The van der Waals surface area contributed by atoms with Crippen molar-refractivity contribution in [3.05, 3.63) is 40.3 Å². The molecule has 0 bridgehead atoms. The van der Waals surface area contributed by atoms with E-state index < -0.39 is 0 Å². The first-order chi connectivity index (χ1) is 7.59. The number of carbonyl (C=O) groups is 2. The maximum absolute atomic E-state index is 11.5. The van der Waals surface area contributed by atoms with E-state index in [1.165, 1.54) is 0 Å². The van der Waals surface area contributed by atoms with Crippen molar-refractivity contribution in [2.45, 2.75) is 13.8 Å². The van der Waals surface area contributed by atoms with Crippen molar-refractivity contribution < 1.29 is 9.59 Å². The van der Waals surface area contributed by atoms with Crippen LogP contribution in [0.3, 0.4) is 0 Å².